The number of hydrogen-bond acceptors (Lipinski definition) is 8. The highest BCUT2D eigenvalue weighted by Gasteiger charge is 2.26. The van der Waals surface area contributed by atoms with Gasteiger partial charge < -0.3 is 23.5 Å². The fraction of sp³-hybridized carbons (Fsp3) is 0.579. The number of anilines is 1. The number of thioether (sulfide) groups is 1. The molecule has 1 amide bonds. The van der Waals surface area contributed by atoms with Crippen molar-refractivity contribution in [1.82, 2.24) is 19.4 Å². The number of methoxy groups -OCH3 is 1. The van der Waals surface area contributed by atoms with Gasteiger partial charge in [0.05, 0.1) is 18.1 Å². The van der Waals surface area contributed by atoms with Gasteiger partial charge in [-0.3, -0.25) is 4.79 Å². The Morgan fingerprint density at radius 3 is 2.62 bits per heavy atom. The van der Waals surface area contributed by atoms with Crippen molar-refractivity contribution < 1.29 is 13.9 Å². The number of carbonyl (C=O) groups excluding carboxylic acids is 1. The van der Waals surface area contributed by atoms with E-state index in [2.05, 4.69) is 20.6 Å². The van der Waals surface area contributed by atoms with Crippen molar-refractivity contribution in [3.63, 3.8) is 0 Å². The zero-order chi connectivity index (χ0) is 21.0. The number of aromatic nitrogens is 3. The Hall–Kier alpha value is -2.51. The van der Waals surface area contributed by atoms with Crippen molar-refractivity contribution in [2.75, 3.05) is 50.5 Å². The first-order chi connectivity index (χ1) is 13.9. The number of amides is 1. The number of nitriles is 1. The van der Waals surface area contributed by atoms with Crippen molar-refractivity contribution in [3.8, 4) is 6.07 Å². The van der Waals surface area contributed by atoms with Crippen LogP contribution < -0.4 is 4.90 Å². The first-order valence-corrected chi connectivity index (χ1v) is 10.5. The van der Waals surface area contributed by atoms with E-state index in [-0.39, 0.29) is 5.91 Å². The van der Waals surface area contributed by atoms with Gasteiger partial charge in [-0.15, -0.1) is 0 Å². The summed E-state index contributed by atoms with van der Waals surface area (Å²) in [5.74, 6) is 1.40. The topological polar surface area (TPSA) is 100 Å². The maximum Gasteiger partial charge on any atom is 0.234 e. The van der Waals surface area contributed by atoms with Crippen LogP contribution in [0.25, 0.3) is 0 Å². The summed E-state index contributed by atoms with van der Waals surface area (Å²) in [5, 5.41) is 10.0. The molecule has 3 rings (SSSR count). The Balaban J connectivity index is 1.55. The van der Waals surface area contributed by atoms with Crippen molar-refractivity contribution in [3.05, 3.63) is 23.0 Å². The summed E-state index contributed by atoms with van der Waals surface area (Å²) in [6.45, 7) is 9.44. The van der Waals surface area contributed by atoms with Gasteiger partial charge in [-0.05, 0) is 13.8 Å². The number of nitrogens with zero attached hydrogens (tertiary/aromatic N) is 6. The van der Waals surface area contributed by atoms with Crippen molar-refractivity contribution >= 4 is 23.6 Å². The third kappa shape index (κ3) is 4.74. The molecule has 2 aromatic heterocycles. The van der Waals surface area contributed by atoms with Crippen LogP contribution in [0, 0.1) is 32.1 Å². The number of hydrogen-bond donors (Lipinski definition) is 0. The van der Waals surface area contributed by atoms with E-state index in [1.165, 1.54) is 11.8 Å². The van der Waals surface area contributed by atoms with E-state index < -0.39 is 0 Å². The van der Waals surface area contributed by atoms with Gasteiger partial charge in [0, 0.05) is 52.5 Å². The van der Waals surface area contributed by atoms with Crippen molar-refractivity contribution in [2.24, 2.45) is 0 Å². The average molecular weight is 419 g/mol. The first-order valence-electron chi connectivity index (χ1n) is 9.50. The number of rotatable bonds is 7. The maximum atomic E-state index is 12.7. The molecule has 0 spiro atoms. The van der Waals surface area contributed by atoms with Crippen molar-refractivity contribution in [2.45, 2.75) is 32.5 Å². The summed E-state index contributed by atoms with van der Waals surface area (Å²) in [5.41, 5.74) is 2.37. The average Bonchev–Trinajstić information content (AvgIpc) is 3.24. The van der Waals surface area contributed by atoms with Gasteiger partial charge in [0.15, 0.2) is 11.0 Å². The normalized spacial score (nSPS) is 14.3. The number of carbonyl (C=O) groups is 1. The lowest BCUT2D eigenvalue weighted by Crippen LogP contribution is -2.49. The summed E-state index contributed by atoms with van der Waals surface area (Å²) < 4.78 is 12.9. The molecule has 0 N–H and O–H groups in total. The Morgan fingerprint density at radius 1 is 1.24 bits per heavy atom. The lowest BCUT2D eigenvalue weighted by molar-refractivity contribution is -0.128. The zero-order valence-electron chi connectivity index (χ0n) is 17.3. The molecule has 10 heteroatoms. The molecule has 1 aliphatic rings. The quantitative estimate of drug-likeness (QED) is 0.627. The van der Waals surface area contributed by atoms with E-state index in [1.54, 1.807) is 14.0 Å². The highest BCUT2D eigenvalue weighted by molar-refractivity contribution is 7.99. The summed E-state index contributed by atoms with van der Waals surface area (Å²) in [6.07, 6.45) is 0. The number of piperazine rings is 1. The molecular formula is C19H26N6O3S. The van der Waals surface area contributed by atoms with Crippen LogP contribution in [0.4, 0.5) is 5.88 Å². The monoisotopic (exact) mass is 418 g/mol. The molecule has 3 heterocycles. The molecule has 2 aromatic rings. The molecule has 1 fully saturated rings. The maximum absolute atomic E-state index is 12.7. The predicted octanol–water partition coefficient (Wildman–Crippen LogP) is 1.76. The minimum atomic E-state index is 0.0838. The van der Waals surface area contributed by atoms with E-state index >= 15 is 0 Å². The van der Waals surface area contributed by atoms with Gasteiger partial charge >= 0.3 is 0 Å². The second kappa shape index (κ2) is 9.33. The van der Waals surface area contributed by atoms with Crippen LogP contribution in [0.5, 0.6) is 0 Å². The van der Waals surface area contributed by atoms with E-state index in [0.29, 0.717) is 56.0 Å². The summed E-state index contributed by atoms with van der Waals surface area (Å²) in [7, 11) is 1.68. The number of imidazole rings is 1. The largest absolute Gasteiger partial charge is 0.424 e. The standard InChI is InChI=1S/C19H26N6O3S/c1-13-14(2)25(9-10-27-4)19(21-13)29-12-17(26)23-5-7-24(8-6-23)18-16(11-20)22-15(3)28-18/h5-10,12H2,1-4H3. The van der Waals surface area contributed by atoms with Crippen LogP contribution in [-0.2, 0) is 16.1 Å². The van der Waals surface area contributed by atoms with Gasteiger partial charge in [0.1, 0.15) is 6.07 Å². The molecule has 0 atom stereocenters. The molecule has 29 heavy (non-hydrogen) atoms. The molecule has 0 unspecified atom stereocenters. The fourth-order valence-corrected chi connectivity index (χ4v) is 4.28. The van der Waals surface area contributed by atoms with E-state index in [9.17, 15) is 10.1 Å². The number of aryl methyl sites for hydroxylation is 2. The third-order valence-electron chi connectivity index (χ3n) is 5.01. The summed E-state index contributed by atoms with van der Waals surface area (Å²) >= 11 is 1.46. The Labute approximate surface area is 174 Å². The van der Waals surface area contributed by atoms with E-state index in [1.807, 2.05) is 23.6 Å². The second-order valence-corrected chi connectivity index (χ2v) is 7.81. The molecule has 0 aliphatic carbocycles. The van der Waals surface area contributed by atoms with Crippen LogP contribution in [-0.4, -0.2) is 71.0 Å². The van der Waals surface area contributed by atoms with E-state index in [4.69, 9.17) is 9.15 Å². The molecule has 0 bridgehead atoms. The second-order valence-electron chi connectivity index (χ2n) is 6.86. The molecular weight excluding hydrogens is 392 g/mol. The van der Waals surface area contributed by atoms with Crippen LogP contribution in [0.15, 0.2) is 9.57 Å². The highest BCUT2D eigenvalue weighted by Crippen LogP contribution is 2.24. The molecule has 1 saturated heterocycles. The Bertz CT molecular complexity index is 908. The summed E-state index contributed by atoms with van der Waals surface area (Å²) in [4.78, 5) is 25.2. The van der Waals surface area contributed by atoms with Crippen LogP contribution in [0.1, 0.15) is 23.0 Å². The van der Waals surface area contributed by atoms with Crippen LogP contribution in [0.2, 0.25) is 0 Å². The lowest BCUT2D eigenvalue weighted by Gasteiger charge is -2.34. The predicted molar refractivity (Wildman–Crippen MR) is 109 cm³/mol. The minimum Gasteiger partial charge on any atom is -0.424 e. The smallest absolute Gasteiger partial charge is 0.234 e. The number of ether oxygens (including phenoxy) is 1. The number of oxazole rings is 1. The molecule has 156 valence electrons. The molecule has 0 aromatic carbocycles. The van der Waals surface area contributed by atoms with Gasteiger partial charge in [-0.1, -0.05) is 11.8 Å². The van der Waals surface area contributed by atoms with Crippen LogP contribution in [0.3, 0.4) is 0 Å². The van der Waals surface area contributed by atoms with Crippen LogP contribution >= 0.6 is 11.8 Å². The molecule has 0 saturated carbocycles. The van der Waals surface area contributed by atoms with Gasteiger partial charge in [0.25, 0.3) is 0 Å². The molecule has 1 aliphatic heterocycles. The molecule has 0 radical (unpaired) electrons. The first kappa shape index (κ1) is 21.2. The van der Waals surface area contributed by atoms with Gasteiger partial charge in [-0.25, -0.2) is 9.97 Å². The zero-order valence-corrected chi connectivity index (χ0v) is 18.1. The highest BCUT2D eigenvalue weighted by atomic mass is 32.2. The lowest BCUT2D eigenvalue weighted by atomic mass is 10.3. The fourth-order valence-electron chi connectivity index (χ4n) is 3.26. The Morgan fingerprint density at radius 2 is 1.97 bits per heavy atom. The van der Waals surface area contributed by atoms with Gasteiger partial charge in [-0.2, -0.15) is 5.26 Å². The third-order valence-corrected chi connectivity index (χ3v) is 5.97. The minimum absolute atomic E-state index is 0.0838. The SMILES string of the molecule is COCCn1c(SCC(=O)N2CCN(c3oc(C)nc3C#N)CC2)nc(C)c1C. The van der Waals surface area contributed by atoms with Gasteiger partial charge in [0.2, 0.25) is 17.5 Å². The van der Waals surface area contributed by atoms with Crippen molar-refractivity contribution in [1.29, 1.82) is 5.26 Å². The summed E-state index contributed by atoms with van der Waals surface area (Å²) in [6, 6.07) is 2.06. The Kier molecular flexibility index (Phi) is 6.82. The molecule has 9 nitrogen and oxygen atoms in total. The van der Waals surface area contributed by atoms with E-state index in [0.717, 1.165) is 23.1 Å².